The molecule has 0 amide bonds. The molecule has 0 unspecified atom stereocenters. The van der Waals surface area contributed by atoms with Gasteiger partial charge in [0, 0.05) is 54.5 Å². The summed E-state index contributed by atoms with van der Waals surface area (Å²) in [6.45, 7) is 10.4. The molecule has 2 saturated heterocycles. The highest BCUT2D eigenvalue weighted by Crippen LogP contribution is 2.35. The summed E-state index contributed by atoms with van der Waals surface area (Å²) in [5.74, 6) is 0.371. The SMILES string of the molecule is Cc1c(CN2CC[C@H](F)C2)n(C(C)C)c2c(C)c(-c3nc(N[C@@H]4CCOC[C@H]4O)ncc3Cl)ccc2c1=O. The monoisotopic (exact) mass is 543 g/mol. The second kappa shape index (κ2) is 10.9. The second-order valence-electron chi connectivity index (χ2n) is 10.7. The molecule has 4 heterocycles. The van der Waals surface area contributed by atoms with E-state index < -0.39 is 12.3 Å². The van der Waals surface area contributed by atoms with Crippen LogP contribution in [0.4, 0.5) is 10.3 Å². The van der Waals surface area contributed by atoms with Crippen LogP contribution in [0.2, 0.25) is 5.02 Å². The Bertz CT molecular complexity index is 1410. The van der Waals surface area contributed by atoms with Crippen LogP contribution in [0.15, 0.2) is 23.1 Å². The van der Waals surface area contributed by atoms with Crippen LogP contribution in [0.25, 0.3) is 22.2 Å². The maximum absolute atomic E-state index is 14.0. The van der Waals surface area contributed by atoms with Crippen molar-refractivity contribution in [2.45, 2.75) is 71.4 Å². The van der Waals surface area contributed by atoms with E-state index in [2.05, 4.69) is 33.6 Å². The molecule has 8 nitrogen and oxygen atoms in total. The number of likely N-dealkylation sites (tertiary alicyclic amines) is 1. The predicted molar refractivity (Wildman–Crippen MR) is 148 cm³/mol. The first kappa shape index (κ1) is 27.0. The lowest BCUT2D eigenvalue weighted by Gasteiger charge is -2.28. The van der Waals surface area contributed by atoms with Crippen LogP contribution in [0.5, 0.6) is 0 Å². The van der Waals surface area contributed by atoms with Gasteiger partial charge in [0.05, 0.1) is 41.2 Å². The Hall–Kier alpha value is -2.59. The van der Waals surface area contributed by atoms with Gasteiger partial charge in [-0.15, -0.1) is 0 Å². The second-order valence-corrected chi connectivity index (χ2v) is 11.1. The fourth-order valence-electron chi connectivity index (χ4n) is 5.69. The van der Waals surface area contributed by atoms with Gasteiger partial charge in [0.2, 0.25) is 5.95 Å². The number of alkyl halides is 1. The van der Waals surface area contributed by atoms with E-state index in [1.54, 1.807) is 6.20 Å². The number of aromatic nitrogens is 3. The van der Waals surface area contributed by atoms with Crippen LogP contribution < -0.4 is 10.7 Å². The number of aliphatic hydroxyl groups is 1. The number of hydrogen-bond donors (Lipinski definition) is 2. The first-order valence-corrected chi connectivity index (χ1v) is 13.6. The number of nitrogens with one attached hydrogen (secondary N) is 1. The van der Waals surface area contributed by atoms with Gasteiger partial charge in [-0.25, -0.2) is 14.4 Å². The standard InChI is InChI=1S/C28H35ClFN5O3/c1-15(2)35-23(13-34-9-7-18(30)12-34)17(4)27(37)20-6-5-19(16(3)26(20)35)25-21(29)11-31-28(33-25)32-22-8-10-38-14-24(22)36/h5-6,11,15,18,22,24,36H,7-10,12-14H2,1-4H3,(H,31,32,33)/t18-,22+,24+/m0/s1. The van der Waals surface area contributed by atoms with Crippen molar-refractivity contribution < 1.29 is 14.2 Å². The highest BCUT2D eigenvalue weighted by Gasteiger charge is 2.27. The average molecular weight is 544 g/mol. The van der Waals surface area contributed by atoms with Crippen LogP contribution in [-0.4, -0.2) is 69.2 Å². The molecule has 0 spiro atoms. The van der Waals surface area contributed by atoms with Crippen LogP contribution in [0.3, 0.4) is 0 Å². The van der Waals surface area contributed by atoms with Crippen molar-refractivity contribution in [1.82, 2.24) is 19.4 Å². The summed E-state index contributed by atoms with van der Waals surface area (Å²) in [5, 5.41) is 14.5. The zero-order valence-corrected chi connectivity index (χ0v) is 23.1. The minimum Gasteiger partial charge on any atom is -0.389 e. The van der Waals surface area contributed by atoms with Crippen LogP contribution in [-0.2, 0) is 11.3 Å². The molecular weight excluding hydrogens is 509 g/mol. The van der Waals surface area contributed by atoms with Crippen molar-refractivity contribution in [2.24, 2.45) is 0 Å². The Morgan fingerprint density at radius 1 is 1.26 bits per heavy atom. The summed E-state index contributed by atoms with van der Waals surface area (Å²) < 4.78 is 21.5. The fraction of sp³-hybridized carbons (Fsp3) is 0.536. The first-order chi connectivity index (χ1) is 18.2. The number of aryl methyl sites for hydroxylation is 1. The third-order valence-electron chi connectivity index (χ3n) is 7.73. The lowest BCUT2D eigenvalue weighted by atomic mass is 9.98. The molecule has 3 atom stereocenters. The third-order valence-corrected chi connectivity index (χ3v) is 8.00. The van der Waals surface area contributed by atoms with Gasteiger partial charge in [-0.2, -0.15) is 0 Å². The topological polar surface area (TPSA) is 92.5 Å². The minimum absolute atomic E-state index is 0.0119. The van der Waals surface area contributed by atoms with Gasteiger partial charge in [-0.3, -0.25) is 9.69 Å². The molecule has 2 N–H and O–H groups in total. The minimum atomic E-state index is -0.826. The Kier molecular flexibility index (Phi) is 7.73. The molecule has 1 aromatic carbocycles. The van der Waals surface area contributed by atoms with Crippen molar-refractivity contribution in [3.8, 4) is 11.3 Å². The molecule has 38 heavy (non-hydrogen) atoms. The van der Waals surface area contributed by atoms with Crippen molar-refractivity contribution in [2.75, 3.05) is 31.6 Å². The molecule has 2 aliphatic heterocycles. The van der Waals surface area contributed by atoms with E-state index in [1.807, 2.05) is 26.0 Å². The van der Waals surface area contributed by atoms with E-state index in [-0.39, 0.29) is 24.1 Å². The number of anilines is 1. The first-order valence-electron chi connectivity index (χ1n) is 13.2. The molecular formula is C28H35ClFN5O3. The van der Waals surface area contributed by atoms with Crippen LogP contribution in [0, 0.1) is 13.8 Å². The molecule has 10 heteroatoms. The molecule has 2 aliphatic rings. The normalized spacial score (nSPS) is 22.5. The molecule has 0 radical (unpaired) electrons. The summed E-state index contributed by atoms with van der Waals surface area (Å²) in [4.78, 5) is 24.7. The number of benzene rings is 1. The summed E-state index contributed by atoms with van der Waals surface area (Å²) in [5.41, 5.74) is 4.67. The number of pyridine rings is 1. The van der Waals surface area contributed by atoms with Gasteiger partial charge in [-0.1, -0.05) is 17.7 Å². The summed E-state index contributed by atoms with van der Waals surface area (Å²) in [6.07, 6.45) is 1.24. The van der Waals surface area contributed by atoms with Gasteiger partial charge in [0.1, 0.15) is 6.17 Å². The molecule has 0 bridgehead atoms. The van der Waals surface area contributed by atoms with E-state index in [4.69, 9.17) is 21.3 Å². The van der Waals surface area contributed by atoms with Crippen molar-refractivity contribution in [1.29, 1.82) is 0 Å². The largest absolute Gasteiger partial charge is 0.389 e. The maximum atomic E-state index is 14.0. The smallest absolute Gasteiger partial charge is 0.223 e. The van der Waals surface area contributed by atoms with Crippen molar-refractivity contribution in [3.63, 3.8) is 0 Å². The van der Waals surface area contributed by atoms with E-state index in [0.29, 0.717) is 66.7 Å². The summed E-state index contributed by atoms with van der Waals surface area (Å²) in [6, 6.07) is 3.58. The molecule has 3 aromatic rings. The number of nitrogens with zero attached hydrogens (tertiary/aromatic N) is 4. The van der Waals surface area contributed by atoms with E-state index in [1.165, 1.54) is 0 Å². The fourth-order valence-corrected chi connectivity index (χ4v) is 5.88. The number of fused-ring (bicyclic) bond motifs is 1. The van der Waals surface area contributed by atoms with Gasteiger partial charge in [0.15, 0.2) is 5.43 Å². The Morgan fingerprint density at radius 2 is 2.05 bits per heavy atom. The van der Waals surface area contributed by atoms with Gasteiger partial charge < -0.3 is 19.7 Å². The van der Waals surface area contributed by atoms with E-state index in [0.717, 1.165) is 22.3 Å². The van der Waals surface area contributed by atoms with Gasteiger partial charge >= 0.3 is 0 Å². The summed E-state index contributed by atoms with van der Waals surface area (Å²) >= 11 is 6.61. The highest BCUT2D eigenvalue weighted by atomic mass is 35.5. The molecule has 2 fully saturated rings. The van der Waals surface area contributed by atoms with Gasteiger partial charge in [-0.05, 0) is 52.2 Å². The zero-order valence-electron chi connectivity index (χ0n) is 22.3. The zero-order chi connectivity index (χ0) is 27.1. The summed E-state index contributed by atoms with van der Waals surface area (Å²) in [7, 11) is 0. The number of ether oxygens (including phenoxy) is 1. The predicted octanol–water partition coefficient (Wildman–Crippen LogP) is 4.42. The highest BCUT2D eigenvalue weighted by molar-refractivity contribution is 6.33. The maximum Gasteiger partial charge on any atom is 0.223 e. The average Bonchev–Trinajstić information content (AvgIpc) is 3.30. The molecule has 2 aromatic heterocycles. The van der Waals surface area contributed by atoms with Crippen LogP contribution >= 0.6 is 11.6 Å². The molecule has 204 valence electrons. The van der Waals surface area contributed by atoms with Gasteiger partial charge in [0.25, 0.3) is 0 Å². The number of aliphatic hydroxyl groups excluding tert-OH is 1. The third kappa shape index (κ3) is 5.04. The lowest BCUT2D eigenvalue weighted by molar-refractivity contribution is -0.0136. The number of rotatable bonds is 6. The Morgan fingerprint density at radius 3 is 2.74 bits per heavy atom. The molecule has 5 rings (SSSR count). The van der Waals surface area contributed by atoms with Crippen molar-refractivity contribution >= 4 is 28.5 Å². The number of hydrogen-bond acceptors (Lipinski definition) is 7. The van der Waals surface area contributed by atoms with Crippen molar-refractivity contribution in [3.05, 3.63) is 50.4 Å². The number of halogens is 2. The lowest BCUT2D eigenvalue weighted by Crippen LogP contribution is -2.42. The Balaban J connectivity index is 1.63. The Labute approximate surface area is 226 Å². The van der Waals surface area contributed by atoms with E-state index >= 15 is 0 Å². The molecule has 0 aliphatic carbocycles. The molecule has 0 saturated carbocycles. The quantitative estimate of drug-likeness (QED) is 0.475. The van der Waals surface area contributed by atoms with E-state index in [9.17, 15) is 14.3 Å². The van der Waals surface area contributed by atoms with Crippen LogP contribution in [0.1, 0.15) is 49.6 Å².